The van der Waals surface area contributed by atoms with Crippen LogP contribution in [0.25, 0.3) is 71.7 Å². The zero-order chi connectivity index (χ0) is 38.4. The van der Waals surface area contributed by atoms with Gasteiger partial charge < -0.3 is 9.13 Å². The van der Waals surface area contributed by atoms with Gasteiger partial charge in [0.05, 0.1) is 33.2 Å². The Bertz CT molecular complexity index is 3320. The Morgan fingerprint density at radius 3 is 1.71 bits per heavy atom. The summed E-state index contributed by atoms with van der Waals surface area (Å²) >= 11 is 0. The van der Waals surface area contributed by atoms with E-state index in [1.165, 1.54) is 99.5 Å². The van der Waals surface area contributed by atoms with Crippen LogP contribution in [-0.4, -0.2) is 9.13 Å². The van der Waals surface area contributed by atoms with Crippen LogP contribution in [0, 0.1) is 5.92 Å². The summed E-state index contributed by atoms with van der Waals surface area (Å²) in [5, 5.41) is 5.03. The largest absolute Gasteiger partial charge is 0.309 e. The highest BCUT2D eigenvalue weighted by molar-refractivity contribution is 6.13. The van der Waals surface area contributed by atoms with Gasteiger partial charge in [0.15, 0.2) is 0 Å². The van der Waals surface area contributed by atoms with Crippen LogP contribution in [0.5, 0.6) is 0 Å². The van der Waals surface area contributed by atoms with E-state index in [4.69, 9.17) is 0 Å². The first kappa shape index (κ1) is 33.0. The summed E-state index contributed by atoms with van der Waals surface area (Å²) in [5.74, 6) is 0.489. The van der Waals surface area contributed by atoms with Gasteiger partial charge in [-0.1, -0.05) is 159 Å². The van der Waals surface area contributed by atoms with E-state index < -0.39 is 5.41 Å². The van der Waals surface area contributed by atoms with Gasteiger partial charge in [-0.15, -0.1) is 0 Å². The molecule has 0 spiro atoms. The lowest BCUT2D eigenvalue weighted by atomic mass is 9.65. The molecule has 0 aliphatic heterocycles. The Morgan fingerprint density at radius 2 is 1.00 bits per heavy atom. The third-order valence-electron chi connectivity index (χ3n) is 13.0. The van der Waals surface area contributed by atoms with Crippen molar-refractivity contribution in [3.63, 3.8) is 0 Å². The molecule has 0 N–H and O–H groups in total. The van der Waals surface area contributed by atoms with E-state index in [9.17, 15) is 0 Å². The Labute approximate surface area is 338 Å². The molecule has 0 saturated heterocycles. The third-order valence-corrected chi connectivity index (χ3v) is 13.0. The number of nitrogens with zero attached hydrogens (tertiary/aromatic N) is 2. The van der Waals surface area contributed by atoms with Gasteiger partial charge in [0.1, 0.15) is 0 Å². The quantitative estimate of drug-likeness (QED) is 0.166. The number of allylic oxidation sites excluding steroid dienone is 4. The third kappa shape index (κ3) is 4.60. The first-order valence-corrected chi connectivity index (χ1v) is 20.5. The van der Waals surface area contributed by atoms with Crippen molar-refractivity contribution in [3.8, 4) is 22.5 Å². The van der Waals surface area contributed by atoms with Gasteiger partial charge in [-0.25, -0.2) is 0 Å². The second kappa shape index (κ2) is 12.7. The lowest BCUT2D eigenvalue weighted by molar-refractivity contribution is 0.715. The lowest BCUT2D eigenvalue weighted by Crippen LogP contribution is -2.31. The minimum Gasteiger partial charge on any atom is -0.309 e. The molecule has 2 unspecified atom stereocenters. The van der Waals surface area contributed by atoms with E-state index in [0.717, 1.165) is 6.42 Å². The van der Waals surface area contributed by atoms with Gasteiger partial charge in [-0.05, 0) is 111 Å². The molecule has 2 heteroatoms. The fourth-order valence-corrected chi connectivity index (χ4v) is 10.5. The van der Waals surface area contributed by atoms with Crippen molar-refractivity contribution in [1.82, 2.24) is 9.13 Å². The molecule has 58 heavy (non-hydrogen) atoms. The molecule has 2 atom stereocenters. The minimum absolute atomic E-state index is 0.480. The van der Waals surface area contributed by atoms with Gasteiger partial charge in [0.25, 0.3) is 0 Å². The van der Waals surface area contributed by atoms with Gasteiger partial charge in [0.2, 0.25) is 0 Å². The second-order valence-corrected chi connectivity index (χ2v) is 16.1. The van der Waals surface area contributed by atoms with E-state index in [2.05, 4.69) is 222 Å². The number of hydrogen-bond acceptors (Lipinski definition) is 0. The van der Waals surface area contributed by atoms with Crippen molar-refractivity contribution in [2.45, 2.75) is 18.8 Å². The summed E-state index contributed by atoms with van der Waals surface area (Å²) in [6.07, 6.45) is 5.90. The van der Waals surface area contributed by atoms with Crippen molar-refractivity contribution < 1.29 is 0 Å². The zero-order valence-corrected chi connectivity index (χ0v) is 32.3. The number of para-hydroxylation sites is 4. The molecule has 12 rings (SSSR count). The van der Waals surface area contributed by atoms with Crippen molar-refractivity contribution in [2.75, 3.05) is 0 Å². The molecule has 2 aromatic heterocycles. The van der Waals surface area contributed by atoms with E-state index in [1.54, 1.807) is 0 Å². The SMILES string of the molecule is CC1C=CC2=C(C1)c1ccccc1C2(c1ccccc1)c1ccccc1-n1c2ccccc2c2cc(-c3ccc4c(c3)c3ccccc3n4-c3ccccc3)ccc21. The van der Waals surface area contributed by atoms with E-state index in [-0.39, 0.29) is 0 Å². The molecule has 0 fully saturated rings. The summed E-state index contributed by atoms with van der Waals surface area (Å²) < 4.78 is 4.91. The van der Waals surface area contributed by atoms with Crippen LogP contribution in [0.4, 0.5) is 0 Å². The van der Waals surface area contributed by atoms with Crippen LogP contribution >= 0.6 is 0 Å². The molecule has 8 aromatic carbocycles. The molecule has 10 aromatic rings. The summed E-state index contributed by atoms with van der Waals surface area (Å²) in [5.41, 5.74) is 17.4. The maximum atomic E-state index is 2.53. The molecule has 274 valence electrons. The van der Waals surface area contributed by atoms with Crippen molar-refractivity contribution in [1.29, 1.82) is 0 Å². The predicted octanol–water partition coefficient (Wildman–Crippen LogP) is 14.2. The Hall–Kier alpha value is -7.16. The summed E-state index contributed by atoms with van der Waals surface area (Å²) in [6, 6.07) is 72.0. The Morgan fingerprint density at radius 1 is 0.466 bits per heavy atom. The summed E-state index contributed by atoms with van der Waals surface area (Å²) in [7, 11) is 0. The smallest absolute Gasteiger partial charge is 0.0730 e. The van der Waals surface area contributed by atoms with Crippen LogP contribution < -0.4 is 0 Å². The Kier molecular flexibility index (Phi) is 7.22. The average Bonchev–Trinajstić information content (AvgIpc) is 3.90. The van der Waals surface area contributed by atoms with E-state index in [1.807, 2.05) is 0 Å². The summed E-state index contributed by atoms with van der Waals surface area (Å²) in [6.45, 7) is 2.34. The number of hydrogen-bond donors (Lipinski definition) is 0. The number of rotatable bonds is 5. The lowest BCUT2D eigenvalue weighted by Gasteiger charge is -2.37. The number of benzene rings is 8. The van der Waals surface area contributed by atoms with Crippen LogP contribution in [0.3, 0.4) is 0 Å². The van der Waals surface area contributed by atoms with Gasteiger partial charge >= 0.3 is 0 Å². The van der Waals surface area contributed by atoms with Gasteiger partial charge in [0, 0.05) is 27.2 Å². The van der Waals surface area contributed by atoms with Gasteiger partial charge in [-0.2, -0.15) is 0 Å². The monoisotopic (exact) mass is 740 g/mol. The van der Waals surface area contributed by atoms with E-state index >= 15 is 0 Å². The molecule has 0 radical (unpaired) electrons. The highest BCUT2D eigenvalue weighted by Gasteiger charge is 2.48. The standard InChI is InChI=1S/C56H40N2/c1-37-28-31-49-45(34-37)42-20-8-11-23-48(42)56(49,40-16-4-2-5-17-40)50-24-12-15-27-55(50)58-52-26-14-10-22-44(52)47-36-39(30-33-54(47)58)38-29-32-53-46(35-38)43-21-9-13-25-51(43)57(53)41-18-6-3-7-19-41/h2-33,35-37H,34H2,1H3. The maximum Gasteiger partial charge on any atom is 0.0730 e. The molecule has 0 saturated carbocycles. The van der Waals surface area contributed by atoms with Crippen LogP contribution in [0.2, 0.25) is 0 Å². The highest BCUT2D eigenvalue weighted by atomic mass is 15.0. The predicted molar refractivity (Wildman–Crippen MR) is 243 cm³/mol. The minimum atomic E-state index is -0.480. The normalized spacial score (nSPS) is 17.4. The first-order valence-electron chi connectivity index (χ1n) is 20.5. The molecule has 2 nitrogen and oxygen atoms in total. The van der Waals surface area contributed by atoms with Crippen molar-refractivity contribution >= 4 is 49.2 Å². The van der Waals surface area contributed by atoms with Gasteiger partial charge in [-0.3, -0.25) is 0 Å². The number of fused-ring (bicyclic) bond motifs is 8. The number of aromatic nitrogens is 2. The molecule has 0 bridgehead atoms. The molecule has 2 aliphatic rings. The Balaban J connectivity index is 1.09. The first-order chi connectivity index (χ1) is 28.7. The molecule has 2 heterocycles. The summed E-state index contributed by atoms with van der Waals surface area (Å²) in [4.78, 5) is 0. The molecular weight excluding hydrogens is 701 g/mol. The molecule has 0 amide bonds. The van der Waals surface area contributed by atoms with Crippen LogP contribution in [-0.2, 0) is 5.41 Å². The molecular formula is C56H40N2. The van der Waals surface area contributed by atoms with Crippen molar-refractivity contribution in [2.24, 2.45) is 5.92 Å². The van der Waals surface area contributed by atoms with Crippen LogP contribution in [0.1, 0.15) is 35.6 Å². The zero-order valence-electron chi connectivity index (χ0n) is 32.3. The second-order valence-electron chi connectivity index (χ2n) is 16.1. The fourth-order valence-electron chi connectivity index (χ4n) is 10.5. The fraction of sp³-hybridized carbons (Fsp3) is 0.0714. The maximum absolute atomic E-state index is 2.53. The highest BCUT2D eigenvalue weighted by Crippen LogP contribution is 2.58. The topological polar surface area (TPSA) is 9.86 Å². The van der Waals surface area contributed by atoms with E-state index in [0.29, 0.717) is 5.92 Å². The van der Waals surface area contributed by atoms with Crippen LogP contribution in [0.15, 0.2) is 212 Å². The van der Waals surface area contributed by atoms with Crippen molar-refractivity contribution in [3.05, 3.63) is 234 Å². The average molecular weight is 741 g/mol. The molecule has 2 aliphatic carbocycles.